The lowest BCUT2D eigenvalue weighted by atomic mass is 9.84. The molecule has 0 fully saturated rings. The number of carbonyl (C=O) groups is 3. The average molecular weight is 349 g/mol. The van der Waals surface area contributed by atoms with E-state index in [1.807, 2.05) is 11.9 Å². The summed E-state index contributed by atoms with van der Waals surface area (Å²) >= 11 is 0. The van der Waals surface area contributed by atoms with Crippen molar-refractivity contribution in [3.8, 4) is 0 Å². The number of likely N-dealkylation sites (N-methyl/N-ethyl adjacent to an activating group) is 1. The fraction of sp³-hybridized carbons (Fsp3) is 0.190. The van der Waals surface area contributed by atoms with Crippen molar-refractivity contribution >= 4 is 23.2 Å². The molecule has 132 valence electrons. The van der Waals surface area contributed by atoms with Crippen molar-refractivity contribution in [1.82, 2.24) is 0 Å². The molecule has 0 spiro atoms. The van der Waals surface area contributed by atoms with Crippen LogP contribution in [0.15, 0.2) is 54.6 Å². The van der Waals surface area contributed by atoms with Gasteiger partial charge < -0.3 is 9.64 Å². The van der Waals surface area contributed by atoms with Gasteiger partial charge in [0.1, 0.15) is 6.61 Å². The Bertz CT molecular complexity index is 929. The molecule has 0 aromatic heterocycles. The third-order valence-corrected chi connectivity index (χ3v) is 4.36. The molecule has 5 nitrogen and oxygen atoms in total. The fourth-order valence-electron chi connectivity index (χ4n) is 2.85. The number of ether oxygens (including phenoxy) is 1. The summed E-state index contributed by atoms with van der Waals surface area (Å²) in [5, 5.41) is 0. The summed E-state index contributed by atoms with van der Waals surface area (Å²) in [7, 11) is 1.83. The molecule has 1 aliphatic carbocycles. The Hall–Kier alpha value is -3.21. The molecule has 0 heterocycles. The molecule has 0 radical (unpaired) electrons. The molecule has 2 aromatic carbocycles. The highest BCUT2D eigenvalue weighted by molar-refractivity contribution is 6.28. The highest BCUT2D eigenvalue weighted by Gasteiger charge is 2.29. The van der Waals surface area contributed by atoms with Crippen molar-refractivity contribution in [2.45, 2.75) is 6.92 Å². The van der Waals surface area contributed by atoms with Gasteiger partial charge in [0.15, 0.2) is 11.6 Å². The summed E-state index contributed by atoms with van der Waals surface area (Å²) in [5.41, 5.74) is 2.81. The Morgan fingerprint density at radius 3 is 2.19 bits per heavy atom. The van der Waals surface area contributed by atoms with E-state index in [0.717, 1.165) is 5.69 Å². The first-order valence-electron chi connectivity index (χ1n) is 8.26. The van der Waals surface area contributed by atoms with E-state index in [2.05, 4.69) is 6.58 Å². The highest BCUT2D eigenvalue weighted by Crippen LogP contribution is 2.29. The third kappa shape index (κ3) is 3.16. The van der Waals surface area contributed by atoms with Gasteiger partial charge in [0.25, 0.3) is 0 Å². The first-order valence-corrected chi connectivity index (χ1v) is 8.26. The van der Waals surface area contributed by atoms with Crippen molar-refractivity contribution in [2.24, 2.45) is 0 Å². The van der Waals surface area contributed by atoms with Gasteiger partial charge in [-0.2, -0.15) is 0 Å². The standard InChI is InChI=1S/C21H19NO4/c1-13(2)21(25)26-11-10-22(3)14-8-9-17-18(12-14)20(24)16-7-5-4-6-15(16)19(17)23/h4-9,12H,1,10-11H2,2-3H3. The van der Waals surface area contributed by atoms with Crippen LogP contribution in [0.3, 0.4) is 0 Å². The predicted molar refractivity (Wildman–Crippen MR) is 98.8 cm³/mol. The molecule has 5 heteroatoms. The van der Waals surface area contributed by atoms with Crippen LogP contribution >= 0.6 is 0 Å². The molecule has 1 aliphatic rings. The number of benzene rings is 2. The van der Waals surface area contributed by atoms with Gasteiger partial charge in [-0.15, -0.1) is 0 Å². The van der Waals surface area contributed by atoms with E-state index in [4.69, 9.17) is 4.74 Å². The van der Waals surface area contributed by atoms with Gasteiger partial charge in [-0.05, 0) is 25.1 Å². The molecule has 3 rings (SSSR count). The van der Waals surface area contributed by atoms with Gasteiger partial charge in [-0.3, -0.25) is 9.59 Å². The van der Waals surface area contributed by atoms with E-state index in [9.17, 15) is 14.4 Å². The van der Waals surface area contributed by atoms with Gasteiger partial charge in [-0.25, -0.2) is 4.79 Å². The number of esters is 1. The van der Waals surface area contributed by atoms with Gasteiger partial charge in [0.05, 0.1) is 6.54 Å². The van der Waals surface area contributed by atoms with Crippen molar-refractivity contribution in [2.75, 3.05) is 25.1 Å². The first-order chi connectivity index (χ1) is 12.4. The zero-order valence-corrected chi connectivity index (χ0v) is 14.7. The number of ketones is 2. The van der Waals surface area contributed by atoms with Crippen LogP contribution in [0.2, 0.25) is 0 Å². The summed E-state index contributed by atoms with van der Waals surface area (Å²) < 4.78 is 5.09. The second-order valence-corrected chi connectivity index (χ2v) is 6.27. The number of hydrogen-bond acceptors (Lipinski definition) is 5. The summed E-state index contributed by atoms with van der Waals surface area (Å²) in [6.07, 6.45) is 0. The SMILES string of the molecule is C=C(C)C(=O)OCCN(C)c1ccc2c(c1)C(=O)c1ccccc1C2=O. The van der Waals surface area contributed by atoms with Crippen LogP contribution in [0.25, 0.3) is 0 Å². The fourth-order valence-corrected chi connectivity index (χ4v) is 2.85. The molecule has 0 saturated heterocycles. The normalized spacial score (nSPS) is 12.2. The second-order valence-electron chi connectivity index (χ2n) is 6.27. The maximum absolute atomic E-state index is 12.8. The van der Waals surface area contributed by atoms with Gasteiger partial charge in [0, 0.05) is 40.6 Å². The van der Waals surface area contributed by atoms with E-state index >= 15 is 0 Å². The Kier molecular flexibility index (Phi) is 4.71. The highest BCUT2D eigenvalue weighted by atomic mass is 16.5. The molecule has 0 atom stereocenters. The van der Waals surface area contributed by atoms with E-state index in [1.165, 1.54) is 0 Å². The minimum Gasteiger partial charge on any atom is -0.460 e. The van der Waals surface area contributed by atoms with Crippen LogP contribution < -0.4 is 4.90 Å². The van der Waals surface area contributed by atoms with Crippen molar-refractivity contribution in [1.29, 1.82) is 0 Å². The molecule has 0 N–H and O–H groups in total. The number of hydrogen-bond donors (Lipinski definition) is 0. The number of nitrogens with zero attached hydrogens (tertiary/aromatic N) is 1. The number of anilines is 1. The maximum Gasteiger partial charge on any atom is 0.333 e. The van der Waals surface area contributed by atoms with E-state index in [-0.39, 0.29) is 18.2 Å². The van der Waals surface area contributed by atoms with Gasteiger partial charge >= 0.3 is 5.97 Å². The lowest BCUT2D eigenvalue weighted by Crippen LogP contribution is -2.26. The first kappa shape index (κ1) is 17.6. The minimum atomic E-state index is -0.429. The third-order valence-electron chi connectivity index (χ3n) is 4.36. The Morgan fingerprint density at radius 2 is 1.58 bits per heavy atom. The summed E-state index contributed by atoms with van der Waals surface area (Å²) in [6.45, 7) is 5.79. The smallest absolute Gasteiger partial charge is 0.333 e. The zero-order valence-electron chi connectivity index (χ0n) is 14.7. The molecule has 26 heavy (non-hydrogen) atoms. The van der Waals surface area contributed by atoms with Crippen LogP contribution in [0.1, 0.15) is 38.8 Å². The monoisotopic (exact) mass is 349 g/mol. The van der Waals surface area contributed by atoms with Crippen LogP contribution in [-0.2, 0) is 9.53 Å². The predicted octanol–water partition coefficient (Wildman–Crippen LogP) is 3.02. The molecular formula is C21H19NO4. The van der Waals surface area contributed by atoms with Crippen LogP contribution in [0.4, 0.5) is 5.69 Å². The van der Waals surface area contributed by atoms with Crippen LogP contribution in [0, 0.1) is 0 Å². The second kappa shape index (κ2) is 6.96. The Balaban J connectivity index is 1.80. The van der Waals surface area contributed by atoms with Crippen LogP contribution in [-0.4, -0.2) is 37.7 Å². The van der Waals surface area contributed by atoms with Gasteiger partial charge in [0.2, 0.25) is 0 Å². The quantitative estimate of drug-likeness (QED) is 0.523. The van der Waals surface area contributed by atoms with E-state index in [1.54, 1.807) is 49.4 Å². The molecule has 0 saturated carbocycles. The van der Waals surface area contributed by atoms with Crippen molar-refractivity contribution in [3.05, 3.63) is 76.9 Å². The Labute approximate surface area is 151 Å². The Morgan fingerprint density at radius 1 is 1.00 bits per heavy atom. The largest absolute Gasteiger partial charge is 0.460 e. The lowest BCUT2D eigenvalue weighted by Gasteiger charge is -2.23. The molecule has 2 aromatic rings. The average Bonchev–Trinajstić information content (AvgIpc) is 2.65. The minimum absolute atomic E-state index is 0.139. The summed E-state index contributed by atoms with van der Waals surface area (Å²) in [4.78, 5) is 38.7. The zero-order chi connectivity index (χ0) is 18.8. The molecule has 0 bridgehead atoms. The molecule has 0 unspecified atom stereocenters. The maximum atomic E-state index is 12.8. The molecular weight excluding hydrogens is 330 g/mol. The van der Waals surface area contributed by atoms with Crippen LogP contribution in [0.5, 0.6) is 0 Å². The van der Waals surface area contributed by atoms with Gasteiger partial charge in [-0.1, -0.05) is 30.8 Å². The molecule has 0 amide bonds. The number of fused-ring (bicyclic) bond motifs is 2. The van der Waals surface area contributed by atoms with E-state index in [0.29, 0.717) is 34.4 Å². The molecule has 0 aliphatic heterocycles. The summed E-state index contributed by atoms with van der Waals surface area (Å²) in [6, 6.07) is 12.0. The van der Waals surface area contributed by atoms with Crippen molar-refractivity contribution < 1.29 is 19.1 Å². The lowest BCUT2D eigenvalue weighted by molar-refractivity contribution is -0.138. The number of carbonyl (C=O) groups excluding carboxylic acids is 3. The topological polar surface area (TPSA) is 63.7 Å². The number of rotatable bonds is 5. The van der Waals surface area contributed by atoms with E-state index < -0.39 is 5.97 Å². The summed E-state index contributed by atoms with van der Waals surface area (Å²) in [5.74, 6) is -0.722. The van der Waals surface area contributed by atoms with Crippen molar-refractivity contribution in [3.63, 3.8) is 0 Å².